The number of hydrogen-bond acceptors (Lipinski definition) is 4. The highest BCUT2D eigenvalue weighted by molar-refractivity contribution is 5.93. The Bertz CT molecular complexity index is 1540. The number of amides is 1. The zero-order chi connectivity index (χ0) is 23.2. The molecule has 0 saturated carbocycles. The Labute approximate surface area is 197 Å². The summed E-state index contributed by atoms with van der Waals surface area (Å²) in [6, 6.07) is 16.2. The number of nitrogen functional groups attached to an aromatic ring is 1. The minimum atomic E-state index is 0.00522. The molecule has 0 aliphatic heterocycles. The van der Waals surface area contributed by atoms with Crippen molar-refractivity contribution in [3.63, 3.8) is 0 Å². The molecule has 1 aliphatic carbocycles. The van der Waals surface area contributed by atoms with Crippen LogP contribution in [0.3, 0.4) is 0 Å². The lowest BCUT2D eigenvalue weighted by Gasteiger charge is -2.12. The van der Waals surface area contributed by atoms with Crippen LogP contribution in [-0.4, -0.2) is 25.0 Å². The van der Waals surface area contributed by atoms with Crippen LogP contribution in [0, 0.1) is 0 Å². The molecule has 2 aromatic carbocycles. The van der Waals surface area contributed by atoms with Gasteiger partial charge in [0, 0.05) is 47.6 Å². The van der Waals surface area contributed by atoms with Gasteiger partial charge in [-0.05, 0) is 67.1 Å². The molecule has 0 radical (unpaired) electrons. The standard InChI is InChI=1S/C27H26N6O/c1-32-15-17(20-5-2-3-7-22(20)32)9-14-24(34)31-18-10-12-19(13-11-18)33-23-8-4-6-21(23)25-26(33)27(28)30-16-29-25/h2-3,5,7,10-13,15-16H,4,6,8-9,14H2,1H3,(H,31,34)(H2,28,29,30). The Morgan fingerprint density at radius 3 is 2.76 bits per heavy atom. The monoisotopic (exact) mass is 450 g/mol. The van der Waals surface area contributed by atoms with Crippen LogP contribution in [0.4, 0.5) is 11.5 Å². The number of nitrogens with zero attached hydrogens (tertiary/aromatic N) is 4. The lowest BCUT2D eigenvalue weighted by molar-refractivity contribution is -0.116. The summed E-state index contributed by atoms with van der Waals surface area (Å²) in [5.74, 6) is 0.496. The van der Waals surface area contributed by atoms with Gasteiger partial charge in [-0.3, -0.25) is 4.79 Å². The van der Waals surface area contributed by atoms with Crippen LogP contribution in [0.5, 0.6) is 0 Å². The average Bonchev–Trinajstić information content (AvgIpc) is 3.53. The van der Waals surface area contributed by atoms with Crippen molar-refractivity contribution >= 4 is 39.3 Å². The Morgan fingerprint density at radius 1 is 1.09 bits per heavy atom. The van der Waals surface area contributed by atoms with Crippen LogP contribution < -0.4 is 11.1 Å². The number of aromatic nitrogens is 4. The highest BCUT2D eigenvalue weighted by Crippen LogP contribution is 2.36. The molecule has 0 atom stereocenters. The van der Waals surface area contributed by atoms with Crippen molar-refractivity contribution in [2.45, 2.75) is 32.1 Å². The Morgan fingerprint density at radius 2 is 1.91 bits per heavy atom. The number of para-hydroxylation sites is 1. The number of carbonyl (C=O) groups excluding carboxylic acids is 1. The van der Waals surface area contributed by atoms with Crippen molar-refractivity contribution in [1.29, 1.82) is 0 Å². The van der Waals surface area contributed by atoms with Gasteiger partial charge in [-0.2, -0.15) is 0 Å². The zero-order valence-corrected chi connectivity index (χ0v) is 19.1. The van der Waals surface area contributed by atoms with Crippen LogP contribution >= 0.6 is 0 Å². The molecule has 170 valence electrons. The third kappa shape index (κ3) is 3.32. The second-order valence-corrected chi connectivity index (χ2v) is 8.95. The molecule has 1 amide bonds. The molecule has 0 saturated heterocycles. The minimum absolute atomic E-state index is 0.00522. The molecule has 7 heteroatoms. The molecule has 3 heterocycles. The lowest BCUT2D eigenvalue weighted by Crippen LogP contribution is -2.12. The van der Waals surface area contributed by atoms with Crippen molar-refractivity contribution in [3.05, 3.63) is 77.9 Å². The minimum Gasteiger partial charge on any atom is -0.382 e. The predicted octanol–water partition coefficient (Wildman–Crippen LogP) is 4.55. The second-order valence-electron chi connectivity index (χ2n) is 8.95. The summed E-state index contributed by atoms with van der Waals surface area (Å²) in [6.45, 7) is 0. The van der Waals surface area contributed by atoms with E-state index in [2.05, 4.69) is 42.7 Å². The molecular weight excluding hydrogens is 424 g/mol. The summed E-state index contributed by atoms with van der Waals surface area (Å²) in [6.07, 6.45) is 7.91. The first-order valence-electron chi connectivity index (χ1n) is 11.7. The van der Waals surface area contributed by atoms with Crippen LogP contribution in [0.1, 0.15) is 29.7 Å². The number of fused-ring (bicyclic) bond motifs is 4. The second kappa shape index (κ2) is 8.02. The molecule has 1 aliphatic rings. The number of aryl methyl sites for hydroxylation is 3. The molecule has 0 bridgehead atoms. The first kappa shape index (κ1) is 20.5. The van der Waals surface area contributed by atoms with Crippen LogP contribution in [0.15, 0.2) is 61.1 Å². The van der Waals surface area contributed by atoms with Gasteiger partial charge < -0.3 is 20.2 Å². The fourth-order valence-electron chi connectivity index (χ4n) is 5.27. The van der Waals surface area contributed by atoms with Gasteiger partial charge in [0.05, 0.1) is 5.52 Å². The lowest BCUT2D eigenvalue weighted by atomic mass is 10.1. The summed E-state index contributed by atoms with van der Waals surface area (Å²) in [7, 11) is 2.04. The van der Waals surface area contributed by atoms with Gasteiger partial charge in [0.2, 0.25) is 5.91 Å². The van der Waals surface area contributed by atoms with E-state index in [1.807, 2.05) is 43.4 Å². The largest absolute Gasteiger partial charge is 0.382 e. The maximum absolute atomic E-state index is 12.7. The SMILES string of the molecule is Cn1cc(CCC(=O)Nc2ccc(-n3c4c(c5ncnc(N)c53)CCC4)cc2)c2ccccc21. The Kier molecular flexibility index (Phi) is 4.83. The van der Waals surface area contributed by atoms with Gasteiger partial charge in [0.15, 0.2) is 5.82 Å². The van der Waals surface area contributed by atoms with Crippen molar-refractivity contribution in [2.24, 2.45) is 7.05 Å². The van der Waals surface area contributed by atoms with Gasteiger partial charge >= 0.3 is 0 Å². The average molecular weight is 451 g/mol. The molecule has 3 N–H and O–H groups in total. The van der Waals surface area contributed by atoms with E-state index in [4.69, 9.17) is 5.73 Å². The number of benzene rings is 2. The summed E-state index contributed by atoms with van der Waals surface area (Å²) in [5, 5.41) is 4.24. The third-order valence-electron chi connectivity index (χ3n) is 6.83. The van der Waals surface area contributed by atoms with Gasteiger partial charge in [-0.15, -0.1) is 0 Å². The van der Waals surface area contributed by atoms with Crippen LogP contribution in [0.2, 0.25) is 0 Å². The van der Waals surface area contributed by atoms with Crippen molar-refractivity contribution in [3.8, 4) is 5.69 Å². The van der Waals surface area contributed by atoms with E-state index >= 15 is 0 Å². The Hall–Kier alpha value is -4.13. The normalized spacial score (nSPS) is 13.0. The number of anilines is 2. The van der Waals surface area contributed by atoms with E-state index in [0.717, 1.165) is 41.7 Å². The number of carbonyl (C=O) groups is 1. The summed E-state index contributed by atoms with van der Waals surface area (Å²) in [4.78, 5) is 21.4. The van der Waals surface area contributed by atoms with E-state index in [9.17, 15) is 4.79 Å². The molecule has 6 rings (SSSR count). The van der Waals surface area contributed by atoms with E-state index < -0.39 is 0 Å². The molecule has 7 nitrogen and oxygen atoms in total. The zero-order valence-electron chi connectivity index (χ0n) is 19.1. The maximum atomic E-state index is 12.7. The van der Waals surface area contributed by atoms with Crippen LogP contribution in [0.25, 0.3) is 27.6 Å². The molecular formula is C27H26N6O. The smallest absolute Gasteiger partial charge is 0.224 e. The maximum Gasteiger partial charge on any atom is 0.224 e. The summed E-state index contributed by atoms with van der Waals surface area (Å²) >= 11 is 0. The molecule has 0 unspecified atom stereocenters. The molecule has 5 aromatic rings. The number of nitrogens with one attached hydrogen (secondary N) is 1. The number of rotatable bonds is 5. The Balaban J connectivity index is 1.20. The molecule has 3 aromatic heterocycles. The van der Waals surface area contributed by atoms with Crippen molar-refractivity contribution in [1.82, 2.24) is 19.1 Å². The predicted molar refractivity (Wildman–Crippen MR) is 135 cm³/mol. The fraction of sp³-hybridized carbons (Fsp3) is 0.222. The number of nitrogens with two attached hydrogens (primary N) is 1. The van der Waals surface area contributed by atoms with Crippen molar-refractivity contribution < 1.29 is 4.79 Å². The summed E-state index contributed by atoms with van der Waals surface area (Å²) < 4.78 is 4.29. The first-order chi connectivity index (χ1) is 16.6. The van der Waals surface area contributed by atoms with Crippen LogP contribution in [-0.2, 0) is 31.1 Å². The van der Waals surface area contributed by atoms with Gasteiger partial charge in [0.1, 0.15) is 11.8 Å². The van der Waals surface area contributed by atoms with Gasteiger partial charge in [-0.1, -0.05) is 18.2 Å². The molecule has 0 spiro atoms. The van der Waals surface area contributed by atoms with E-state index in [-0.39, 0.29) is 5.91 Å². The third-order valence-corrected chi connectivity index (χ3v) is 6.83. The first-order valence-corrected chi connectivity index (χ1v) is 11.7. The van der Waals surface area contributed by atoms with E-state index in [1.165, 1.54) is 34.1 Å². The van der Waals surface area contributed by atoms with Gasteiger partial charge in [-0.25, -0.2) is 9.97 Å². The molecule has 0 fully saturated rings. The quantitative estimate of drug-likeness (QED) is 0.411. The fourth-order valence-corrected chi connectivity index (χ4v) is 5.27. The highest BCUT2D eigenvalue weighted by atomic mass is 16.1. The number of hydrogen-bond donors (Lipinski definition) is 2. The van der Waals surface area contributed by atoms with E-state index in [0.29, 0.717) is 18.7 Å². The summed E-state index contributed by atoms with van der Waals surface area (Å²) in [5.41, 5.74) is 14.8. The van der Waals surface area contributed by atoms with E-state index in [1.54, 1.807) is 0 Å². The molecule has 34 heavy (non-hydrogen) atoms. The highest BCUT2D eigenvalue weighted by Gasteiger charge is 2.25. The van der Waals surface area contributed by atoms with Gasteiger partial charge in [0.25, 0.3) is 0 Å². The topological polar surface area (TPSA) is 90.8 Å². The van der Waals surface area contributed by atoms with Crippen molar-refractivity contribution in [2.75, 3.05) is 11.1 Å².